The first-order valence-electron chi connectivity index (χ1n) is 10.4. The Kier molecular flexibility index (Phi) is 7.49. The van der Waals surface area contributed by atoms with Gasteiger partial charge in [-0.1, -0.05) is 86.5 Å². The second-order valence-electron chi connectivity index (χ2n) is 8.72. The van der Waals surface area contributed by atoms with Gasteiger partial charge in [0.25, 0.3) is 8.32 Å². The van der Waals surface area contributed by atoms with Crippen molar-refractivity contribution in [1.29, 1.82) is 0 Å². The van der Waals surface area contributed by atoms with Gasteiger partial charge in [-0.25, -0.2) is 0 Å². The quantitative estimate of drug-likeness (QED) is 0.200. The molecule has 0 saturated carbocycles. The number of thioether (sulfide) groups is 1. The predicted molar refractivity (Wildman–Crippen MR) is 128 cm³/mol. The van der Waals surface area contributed by atoms with Crippen LogP contribution in [0.1, 0.15) is 34.1 Å². The van der Waals surface area contributed by atoms with Crippen molar-refractivity contribution in [3.8, 4) is 0 Å². The molecule has 2 aromatic rings. The lowest BCUT2D eigenvalue weighted by atomic mass is 10.2. The maximum atomic E-state index is 11.5. The summed E-state index contributed by atoms with van der Waals surface area (Å²) in [5, 5.41) is 6.26. The molecule has 0 N–H and O–H groups in total. The number of esters is 1. The summed E-state index contributed by atoms with van der Waals surface area (Å²) in [4.78, 5) is 14.4. The minimum atomic E-state index is -2.64. The molecule has 1 saturated heterocycles. The summed E-state index contributed by atoms with van der Waals surface area (Å²) in [7, 11) is -2.64. The van der Waals surface area contributed by atoms with E-state index in [2.05, 4.69) is 79.3 Å². The molecule has 6 nitrogen and oxygen atoms in total. The van der Waals surface area contributed by atoms with Crippen molar-refractivity contribution in [3.05, 3.63) is 71.1 Å². The molecule has 164 valence electrons. The van der Waals surface area contributed by atoms with E-state index in [0.29, 0.717) is 13.0 Å². The average molecular weight is 456 g/mol. The van der Waals surface area contributed by atoms with Crippen LogP contribution in [-0.4, -0.2) is 37.6 Å². The number of nitrogens with zero attached hydrogens (tertiary/aromatic N) is 3. The molecule has 0 aliphatic carbocycles. The maximum Gasteiger partial charge on any atom is 0.303 e. The van der Waals surface area contributed by atoms with Crippen molar-refractivity contribution in [2.75, 3.05) is 6.61 Å². The molecule has 0 spiro atoms. The number of rotatable bonds is 7. The van der Waals surface area contributed by atoms with E-state index in [-0.39, 0.29) is 22.3 Å². The van der Waals surface area contributed by atoms with E-state index in [1.54, 1.807) is 0 Å². The molecule has 31 heavy (non-hydrogen) atoms. The fourth-order valence-electron chi connectivity index (χ4n) is 4.24. The van der Waals surface area contributed by atoms with E-state index in [1.165, 1.54) is 29.1 Å². The minimum absolute atomic E-state index is 0.0708. The van der Waals surface area contributed by atoms with Crippen molar-refractivity contribution in [3.63, 3.8) is 0 Å². The van der Waals surface area contributed by atoms with E-state index in [4.69, 9.17) is 14.7 Å². The number of carbonyl (C=O) groups is 1. The number of hydrogen-bond acceptors (Lipinski definition) is 5. The molecule has 1 unspecified atom stereocenters. The van der Waals surface area contributed by atoms with Crippen LogP contribution in [0.2, 0.25) is 5.04 Å². The largest absolute Gasteiger partial charge is 0.451 e. The SMILES string of the molecule is CC(=O)OC1S[C@@H](CO[Si](c2ccccc2)(c2ccccc2)C(C)(C)C)C[C@@H]1N=[N+]=[N-]. The second kappa shape index (κ2) is 9.91. The molecule has 1 aliphatic rings. The van der Waals surface area contributed by atoms with Crippen LogP contribution < -0.4 is 10.4 Å². The summed E-state index contributed by atoms with van der Waals surface area (Å²) in [5.74, 6) is -0.371. The Morgan fingerprint density at radius 3 is 2.13 bits per heavy atom. The number of azide groups is 1. The van der Waals surface area contributed by atoms with E-state index >= 15 is 0 Å². The Balaban J connectivity index is 1.93. The highest BCUT2D eigenvalue weighted by Crippen LogP contribution is 2.40. The number of benzene rings is 2. The third-order valence-corrected chi connectivity index (χ3v) is 11.9. The van der Waals surface area contributed by atoms with Gasteiger partial charge in [0.2, 0.25) is 0 Å². The Hall–Kier alpha value is -2.25. The second-order valence-corrected chi connectivity index (χ2v) is 14.4. The van der Waals surface area contributed by atoms with Crippen LogP contribution in [0.3, 0.4) is 0 Å². The topological polar surface area (TPSA) is 84.3 Å². The molecule has 0 bridgehead atoms. The molecule has 0 aromatic heterocycles. The van der Waals surface area contributed by atoms with Crippen LogP contribution in [0.4, 0.5) is 0 Å². The number of carbonyl (C=O) groups excluding carboxylic acids is 1. The summed E-state index contributed by atoms with van der Waals surface area (Å²) in [6.07, 6.45) is 0.616. The van der Waals surface area contributed by atoms with Gasteiger partial charge < -0.3 is 9.16 Å². The van der Waals surface area contributed by atoms with Crippen molar-refractivity contribution in [2.24, 2.45) is 5.11 Å². The van der Waals surface area contributed by atoms with Crippen LogP contribution in [0.15, 0.2) is 65.8 Å². The third kappa shape index (κ3) is 5.15. The molecule has 3 rings (SSSR count). The summed E-state index contributed by atoms with van der Waals surface area (Å²) in [6.45, 7) is 8.59. The zero-order valence-corrected chi connectivity index (χ0v) is 20.2. The molecule has 0 amide bonds. The highest BCUT2D eigenvalue weighted by atomic mass is 32.2. The first-order valence-corrected chi connectivity index (χ1v) is 13.2. The van der Waals surface area contributed by atoms with Gasteiger partial charge in [-0.2, -0.15) is 0 Å². The fraction of sp³-hybridized carbons (Fsp3) is 0.435. The summed E-state index contributed by atoms with van der Waals surface area (Å²) in [5.41, 5.74) is 8.44. The molecule has 0 radical (unpaired) electrons. The minimum Gasteiger partial charge on any atom is -0.451 e. The Morgan fingerprint density at radius 2 is 1.68 bits per heavy atom. The van der Waals surface area contributed by atoms with Crippen LogP contribution in [-0.2, 0) is 14.0 Å². The lowest BCUT2D eigenvalue weighted by molar-refractivity contribution is -0.142. The Morgan fingerprint density at radius 1 is 1.13 bits per heavy atom. The predicted octanol–water partition coefficient (Wildman–Crippen LogP) is 4.64. The van der Waals surface area contributed by atoms with E-state index in [1.807, 2.05) is 12.1 Å². The van der Waals surface area contributed by atoms with Gasteiger partial charge >= 0.3 is 5.97 Å². The van der Waals surface area contributed by atoms with Crippen LogP contribution >= 0.6 is 11.8 Å². The first-order chi connectivity index (χ1) is 14.8. The summed E-state index contributed by atoms with van der Waals surface area (Å²) >= 11 is 1.52. The molecule has 1 heterocycles. The van der Waals surface area contributed by atoms with E-state index in [9.17, 15) is 4.79 Å². The molecular weight excluding hydrogens is 426 g/mol. The van der Waals surface area contributed by atoms with Gasteiger partial charge in [0, 0.05) is 23.7 Å². The zero-order chi connectivity index (χ0) is 22.5. The molecule has 1 fully saturated rings. The monoisotopic (exact) mass is 455 g/mol. The number of ether oxygens (including phenoxy) is 1. The smallest absolute Gasteiger partial charge is 0.303 e. The van der Waals surface area contributed by atoms with E-state index < -0.39 is 13.8 Å². The molecule has 1 aliphatic heterocycles. The van der Waals surface area contributed by atoms with Crippen LogP contribution in [0, 0.1) is 0 Å². The van der Waals surface area contributed by atoms with Crippen molar-refractivity contribution in [2.45, 2.75) is 55.9 Å². The van der Waals surface area contributed by atoms with Gasteiger partial charge in [-0.05, 0) is 27.4 Å². The van der Waals surface area contributed by atoms with Gasteiger partial charge in [0.1, 0.15) is 0 Å². The highest BCUT2D eigenvalue weighted by molar-refractivity contribution is 8.00. The third-order valence-electron chi connectivity index (χ3n) is 5.53. The zero-order valence-electron chi connectivity index (χ0n) is 18.4. The van der Waals surface area contributed by atoms with Crippen molar-refractivity contribution >= 4 is 36.4 Å². The average Bonchev–Trinajstić information content (AvgIpc) is 3.10. The first kappa shape index (κ1) is 23.4. The standard InChI is InChI=1S/C23H29N3O3SSi/c1-17(27)29-22-21(25-26-24)15-18(30-22)16-28-31(23(2,3)4,19-11-7-5-8-12-19)20-13-9-6-10-14-20/h5-14,18,21-22H,15-16H2,1-4H3/t18-,21+,22?/m1/s1. The van der Waals surface area contributed by atoms with Gasteiger partial charge in [-0.3, -0.25) is 4.79 Å². The van der Waals surface area contributed by atoms with Gasteiger partial charge in [0.05, 0.1) is 6.04 Å². The highest BCUT2D eigenvalue weighted by Gasteiger charge is 2.51. The van der Waals surface area contributed by atoms with Crippen LogP contribution in [0.5, 0.6) is 0 Å². The molecule has 2 aromatic carbocycles. The maximum absolute atomic E-state index is 11.5. The van der Waals surface area contributed by atoms with Crippen LogP contribution in [0.25, 0.3) is 10.4 Å². The molecular formula is C23H29N3O3SSi. The number of hydrogen-bond donors (Lipinski definition) is 0. The Labute approximate surface area is 189 Å². The Bertz CT molecular complexity index is 891. The van der Waals surface area contributed by atoms with E-state index in [0.717, 1.165) is 0 Å². The molecule has 8 heteroatoms. The lowest BCUT2D eigenvalue weighted by Crippen LogP contribution is -2.67. The van der Waals surface area contributed by atoms with Crippen molar-refractivity contribution < 1.29 is 14.0 Å². The van der Waals surface area contributed by atoms with Crippen molar-refractivity contribution in [1.82, 2.24) is 0 Å². The molecule has 3 atom stereocenters. The lowest BCUT2D eigenvalue weighted by Gasteiger charge is -2.43. The van der Waals surface area contributed by atoms with Gasteiger partial charge in [-0.15, -0.1) is 11.8 Å². The summed E-state index contributed by atoms with van der Waals surface area (Å²) < 4.78 is 12.4. The fourth-order valence-corrected chi connectivity index (χ4v) is 10.3. The summed E-state index contributed by atoms with van der Waals surface area (Å²) in [6, 6.07) is 20.6. The normalized spacial score (nSPS) is 21.4. The van der Waals surface area contributed by atoms with Gasteiger partial charge in [0.15, 0.2) is 5.44 Å².